The van der Waals surface area contributed by atoms with Gasteiger partial charge in [0.2, 0.25) is 0 Å². The summed E-state index contributed by atoms with van der Waals surface area (Å²) in [6.45, 7) is 5.57. The van der Waals surface area contributed by atoms with Crippen molar-refractivity contribution in [1.82, 2.24) is 20.2 Å². The second-order valence-electron chi connectivity index (χ2n) is 10.2. The molecule has 0 bridgehead atoms. The Hall–Kier alpha value is -2.56. The molecule has 1 saturated heterocycles. The van der Waals surface area contributed by atoms with E-state index in [1.54, 1.807) is 0 Å². The number of hydrogen-bond donors (Lipinski definition) is 2. The maximum absolute atomic E-state index is 13.1. The van der Waals surface area contributed by atoms with Crippen molar-refractivity contribution in [1.29, 1.82) is 0 Å². The molecule has 0 radical (unpaired) electrons. The van der Waals surface area contributed by atoms with Crippen LogP contribution < -0.4 is 10.2 Å². The van der Waals surface area contributed by atoms with Gasteiger partial charge in [0.15, 0.2) is 0 Å². The topological polar surface area (TPSA) is 81.6 Å². The zero-order chi connectivity index (χ0) is 25.4. The molecular formula is C26H32F3N5O2. The van der Waals surface area contributed by atoms with E-state index in [4.69, 9.17) is 0 Å². The molecule has 10 heteroatoms. The summed E-state index contributed by atoms with van der Waals surface area (Å²) in [4.78, 5) is 25.5. The van der Waals surface area contributed by atoms with Gasteiger partial charge in [0.05, 0.1) is 29.4 Å². The predicted molar refractivity (Wildman–Crippen MR) is 129 cm³/mol. The Bertz CT molecular complexity index is 1070. The first-order valence-electron chi connectivity index (χ1n) is 12.6. The molecule has 1 saturated carbocycles. The minimum Gasteiger partial charge on any atom is -0.387 e. The normalized spacial score (nSPS) is 24.4. The summed E-state index contributed by atoms with van der Waals surface area (Å²) in [5, 5.41) is 13.9. The summed E-state index contributed by atoms with van der Waals surface area (Å²) >= 11 is 0. The Morgan fingerprint density at radius 2 is 1.83 bits per heavy atom. The van der Waals surface area contributed by atoms with Crippen LogP contribution in [0.3, 0.4) is 0 Å². The number of carbonyl (C=O) groups excluding carboxylic acids is 1. The molecule has 1 aliphatic heterocycles. The van der Waals surface area contributed by atoms with Gasteiger partial charge in [0.25, 0.3) is 0 Å². The fourth-order valence-corrected chi connectivity index (χ4v) is 5.49. The SMILES string of the molecule is C[C@@H]1C[C@H](O)c2ncnc(N3CCN(C(NCC4CC4)C(C=O)c4ccc(C(F)(F)F)cc4)CC3)c21. The molecule has 3 aliphatic rings. The van der Waals surface area contributed by atoms with Crippen LogP contribution in [-0.2, 0) is 11.0 Å². The molecule has 7 nitrogen and oxygen atoms in total. The first-order chi connectivity index (χ1) is 17.3. The monoisotopic (exact) mass is 503 g/mol. The van der Waals surface area contributed by atoms with Gasteiger partial charge in [-0.15, -0.1) is 0 Å². The molecule has 2 fully saturated rings. The molecule has 5 rings (SSSR count). The number of aldehydes is 1. The van der Waals surface area contributed by atoms with E-state index in [-0.39, 0.29) is 12.1 Å². The van der Waals surface area contributed by atoms with Gasteiger partial charge in [-0.05, 0) is 55.3 Å². The highest BCUT2D eigenvalue weighted by Gasteiger charge is 2.37. The summed E-state index contributed by atoms with van der Waals surface area (Å²) < 4.78 is 39.2. The number of alkyl halides is 3. The van der Waals surface area contributed by atoms with Crippen molar-refractivity contribution in [3.05, 3.63) is 53.0 Å². The number of aliphatic hydroxyl groups excluding tert-OH is 1. The van der Waals surface area contributed by atoms with E-state index in [0.29, 0.717) is 49.8 Å². The highest BCUT2D eigenvalue weighted by atomic mass is 19.4. The Morgan fingerprint density at radius 1 is 1.14 bits per heavy atom. The number of hydrogen-bond acceptors (Lipinski definition) is 7. The van der Waals surface area contributed by atoms with Gasteiger partial charge in [0.1, 0.15) is 18.4 Å². The Labute approximate surface area is 208 Å². The van der Waals surface area contributed by atoms with Gasteiger partial charge >= 0.3 is 6.18 Å². The Kier molecular flexibility index (Phi) is 7.02. The molecule has 2 heterocycles. The van der Waals surface area contributed by atoms with Crippen molar-refractivity contribution >= 4 is 12.1 Å². The number of nitrogens with one attached hydrogen (secondary N) is 1. The molecule has 194 valence electrons. The number of halogens is 3. The third kappa shape index (κ3) is 5.12. The van der Waals surface area contributed by atoms with Gasteiger partial charge in [-0.25, -0.2) is 9.97 Å². The standard InChI is InChI=1S/C26H32F3N5O2/c1-16-12-21(36)23-22(16)25(32-15-31-23)34-10-8-33(9-11-34)24(30-13-17-2-3-17)20(14-35)18-4-6-19(7-5-18)26(27,28)29/h4-7,14-17,20-21,24,30,36H,2-3,8-13H2,1H3/t16-,20?,21+,24?/m1/s1. The number of carbonyl (C=O) groups is 1. The smallest absolute Gasteiger partial charge is 0.387 e. The first kappa shape index (κ1) is 25.1. The molecular weight excluding hydrogens is 471 g/mol. The first-order valence-corrected chi connectivity index (χ1v) is 12.6. The minimum atomic E-state index is -4.41. The zero-order valence-corrected chi connectivity index (χ0v) is 20.3. The van der Waals surface area contributed by atoms with Crippen LogP contribution in [-0.4, -0.2) is 65.2 Å². The van der Waals surface area contributed by atoms with Gasteiger partial charge in [-0.3, -0.25) is 4.90 Å². The van der Waals surface area contributed by atoms with E-state index in [9.17, 15) is 23.1 Å². The van der Waals surface area contributed by atoms with E-state index < -0.39 is 23.8 Å². The summed E-state index contributed by atoms with van der Waals surface area (Å²) in [5.74, 6) is 1.04. The van der Waals surface area contributed by atoms with E-state index in [2.05, 4.69) is 32.0 Å². The van der Waals surface area contributed by atoms with Crippen molar-refractivity contribution in [2.45, 2.75) is 56.5 Å². The second-order valence-corrected chi connectivity index (χ2v) is 10.2. The van der Waals surface area contributed by atoms with E-state index in [0.717, 1.165) is 49.2 Å². The highest BCUT2D eigenvalue weighted by Crippen LogP contribution is 2.43. The molecule has 2 unspecified atom stereocenters. The van der Waals surface area contributed by atoms with E-state index in [1.807, 2.05) is 0 Å². The molecule has 2 aromatic rings. The van der Waals surface area contributed by atoms with Gasteiger partial charge in [-0.2, -0.15) is 13.2 Å². The fourth-order valence-electron chi connectivity index (χ4n) is 5.49. The molecule has 1 aromatic carbocycles. The van der Waals surface area contributed by atoms with Crippen molar-refractivity contribution < 1.29 is 23.1 Å². The number of nitrogens with zero attached hydrogens (tertiary/aromatic N) is 4. The van der Waals surface area contributed by atoms with Gasteiger partial charge in [-0.1, -0.05) is 19.1 Å². The summed E-state index contributed by atoms with van der Waals surface area (Å²) in [7, 11) is 0. The molecule has 2 aliphatic carbocycles. The number of aliphatic hydroxyl groups is 1. The Balaban J connectivity index is 1.33. The summed E-state index contributed by atoms with van der Waals surface area (Å²) in [6, 6.07) is 4.93. The number of fused-ring (bicyclic) bond motifs is 1. The van der Waals surface area contributed by atoms with Crippen LogP contribution in [0.2, 0.25) is 0 Å². The molecule has 4 atom stereocenters. The quantitative estimate of drug-likeness (QED) is 0.534. The van der Waals surface area contributed by atoms with E-state index >= 15 is 0 Å². The number of rotatable bonds is 8. The van der Waals surface area contributed by atoms with Crippen LogP contribution in [0, 0.1) is 5.92 Å². The largest absolute Gasteiger partial charge is 0.416 e. The van der Waals surface area contributed by atoms with Crippen LogP contribution in [0.5, 0.6) is 0 Å². The summed E-state index contributed by atoms with van der Waals surface area (Å²) in [6.07, 6.45) is 0.0241. The minimum absolute atomic E-state index is 0.177. The molecule has 36 heavy (non-hydrogen) atoms. The Morgan fingerprint density at radius 3 is 2.44 bits per heavy atom. The van der Waals surface area contributed by atoms with Crippen LogP contribution in [0.4, 0.5) is 19.0 Å². The van der Waals surface area contributed by atoms with Crippen molar-refractivity contribution in [3.8, 4) is 0 Å². The van der Waals surface area contributed by atoms with Crippen molar-refractivity contribution in [2.75, 3.05) is 37.6 Å². The molecule has 0 amide bonds. The van der Waals surface area contributed by atoms with Crippen LogP contribution in [0.1, 0.15) is 66.5 Å². The lowest BCUT2D eigenvalue weighted by molar-refractivity contribution is -0.137. The van der Waals surface area contributed by atoms with E-state index in [1.165, 1.54) is 18.5 Å². The third-order valence-corrected chi connectivity index (χ3v) is 7.71. The van der Waals surface area contributed by atoms with Crippen molar-refractivity contribution in [3.63, 3.8) is 0 Å². The second kappa shape index (κ2) is 10.1. The van der Waals surface area contributed by atoms with Crippen molar-refractivity contribution in [2.24, 2.45) is 5.92 Å². The number of anilines is 1. The lowest BCUT2D eigenvalue weighted by Crippen LogP contribution is -2.57. The third-order valence-electron chi connectivity index (χ3n) is 7.71. The fraction of sp³-hybridized carbons (Fsp3) is 0.577. The highest BCUT2D eigenvalue weighted by molar-refractivity contribution is 5.63. The average Bonchev–Trinajstić information content (AvgIpc) is 3.65. The molecule has 2 N–H and O–H groups in total. The predicted octanol–water partition coefficient (Wildman–Crippen LogP) is 3.47. The average molecular weight is 504 g/mol. The zero-order valence-electron chi connectivity index (χ0n) is 20.3. The molecule has 1 aromatic heterocycles. The van der Waals surface area contributed by atoms with Crippen LogP contribution in [0.25, 0.3) is 0 Å². The maximum Gasteiger partial charge on any atom is 0.416 e. The lowest BCUT2D eigenvalue weighted by atomic mass is 9.94. The number of benzene rings is 1. The maximum atomic E-state index is 13.1. The lowest BCUT2D eigenvalue weighted by Gasteiger charge is -2.42. The van der Waals surface area contributed by atoms with Gasteiger partial charge < -0.3 is 20.1 Å². The van der Waals surface area contributed by atoms with Crippen LogP contribution in [0.15, 0.2) is 30.6 Å². The van der Waals surface area contributed by atoms with Crippen LogP contribution >= 0.6 is 0 Å². The number of aromatic nitrogens is 2. The number of piperazine rings is 1. The summed E-state index contributed by atoms with van der Waals surface area (Å²) in [5.41, 5.74) is 1.58. The van der Waals surface area contributed by atoms with Gasteiger partial charge in [0, 0.05) is 31.7 Å². The molecule has 0 spiro atoms.